The second kappa shape index (κ2) is 4.38. The van der Waals surface area contributed by atoms with Crippen LogP contribution >= 0.6 is 0 Å². The van der Waals surface area contributed by atoms with Crippen molar-refractivity contribution < 1.29 is 22.8 Å². The molecule has 4 nitrogen and oxygen atoms in total. The summed E-state index contributed by atoms with van der Waals surface area (Å²) in [4.78, 5) is 24.7. The van der Waals surface area contributed by atoms with Crippen LogP contribution in [0.2, 0.25) is 0 Å². The van der Waals surface area contributed by atoms with Gasteiger partial charge in [0.1, 0.15) is 5.70 Å². The summed E-state index contributed by atoms with van der Waals surface area (Å²) < 4.78 is 37.1. The van der Waals surface area contributed by atoms with Crippen molar-refractivity contribution in [1.82, 2.24) is 9.80 Å². The molecule has 0 radical (unpaired) electrons. The Labute approximate surface area is 96.7 Å². The van der Waals surface area contributed by atoms with Crippen LogP contribution < -0.4 is 0 Å². The third-order valence-corrected chi connectivity index (χ3v) is 2.31. The molecule has 0 aromatic carbocycles. The number of halogens is 3. The monoisotopic (exact) mass is 250 g/mol. The van der Waals surface area contributed by atoms with E-state index in [2.05, 4.69) is 0 Å². The molecular weight excluding hydrogens is 237 g/mol. The van der Waals surface area contributed by atoms with E-state index in [1.54, 1.807) is 14.1 Å². The Morgan fingerprint density at radius 3 is 2.41 bits per heavy atom. The summed E-state index contributed by atoms with van der Waals surface area (Å²) in [6.45, 7) is 1.41. The highest BCUT2D eigenvalue weighted by Gasteiger charge is 2.49. The standard InChI is InChI=1S/C10H13F3N2O2/c1-6-4-8(16)7(5-14(2)3)15(6)9(17)10(11,12)13/h5-6H,4H2,1-3H3/b7-5+. The molecule has 1 rings (SSSR count). The third-order valence-electron chi connectivity index (χ3n) is 2.31. The van der Waals surface area contributed by atoms with Gasteiger partial charge >= 0.3 is 12.1 Å². The van der Waals surface area contributed by atoms with Crippen molar-refractivity contribution in [2.24, 2.45) is 0 Å². The lowest BCUT2D eigenvalue weighted by Gasteiger charge is -2.23. The van der Waals surface area contributed by atoms with E-state index in [1.807, 2.05) is 0 Å². The molecule has 0 aliphatic carbocycles. The van der Waals surface area contributed by atoms with Gasteiger partial charge in [0, 0.05) is 32.8 Å². The summed E-state index contributed by atoms with van der Waals surface area (Å²) in [6.07, 6.45) is -3.82. The quantitative estimate of drug-likeness (QED) is 0.655. The van der Waals surface area contributed by atoms with Gasteiger partial charge in [-0.3, -0.25) is 14.5 Å². The number of Topliss-reactive ketones (excluding diaryl/α,β-unsaturated/α-hetero) is 1. The molecule has 0 aromatic heterocycles. The summed E-state index contributed by atoms with van der Waals surface area (Å²) in [6, 6.07) is -0.761. The molecule has 0 aromatic rings. The fourth-order valence-electron chi connectivity index (χ4n) is 1.66. The van der Waals surface area contributed by atoms with Crippen molar-refractivity contribution >= 4 is 11.7 Å². The number of nitrogens with zero attached hydrogens (tertiary/aromatic N) is 2. The van der Waals surface area contributed by atoms with E-state index in [4.69, 9.17) is 0 Å². The molecule has 0 bridgehead atoms. The van der Waals surface area contributed by atoms with Crippen LogP contribution in [0.3, 0.4) is 0 Å². The van der Waals surface area contributed by atoms with Crippen LogP contribution in [0.1, 0.15) is 13.3 Å². The summed E-state index contributed by atoms with van der Waals surface area (Å²) in [5, 5.41) is 0. The SMILES string of the molecule is CC1CC(=O)/C(=C\N(C)C)N1C(=O)C(F)(F)F. The first kappa shape index (κ1) is 13.5. The van der Waals surface area contributed by atoms with Crippen molar-refractivity contribution in [3.8, 4) is 0 Å². The Balaban J connectivity index is 3.11. The van der Waals surface area contributed by atoms with Crippen LogP contribution in [0.4, 0.5) is 13.2 Å². The lowest BCUT2D eigenvalue weighted by molar-refractivity contribution is -0.184. The lowest BCUT2D eigenvalue weighted by atomic mass is 10.2. The topological polar surface area (TPSA) is 40.6 Å². The number of ketones is 1. The molecule has 1 heterocycles. The maximum Gasteiger partial charge on any atom is 0.471 e. The van der Waals surface area contributed by atoms with Crippen LogP contribution in [0.15, 0.2) is 11.9 Å². The number of likely N-dealkylation sites (tertiary alicyclic amines) is 1. The van der Waals surface area contributed by atoms with E-state index in [-0.39, 0.29) is 12.1 Å². The van der Waals surface area contributed by atoms with Crippen molar-refractivity contribution in [2.75, 3.05) is 14.1 Å². The van der Waals surface area contributed by atoms with E-state index < -0.39 is 23.9 Å². The second-order valence-electron chi connectivity index (χ2n) is 4.13. The summed E-state index contributed by atoms with van der Waals surface area (Å²) in [5.74, 6) is -2.45. The Bertz CT molecular complexity index is 374. The van der Waals surface area contributed by atoms with Gasteiger partial charge < -0.3 is 4.90 Å². The molecule has 7 heteroatoms. The minimum atomic E-state index is -4.97. The molecule has 1 atom stereocenters. The van der Waals surface area contributed by atoms with Crippen LogP contribution in [-0.2, 0) is 9.59 Å². The first-order chi connectivity index (χ1) is 7.64. The van der Waals surface area contributed by atoms with Crippen molar-refractivity contribution in [2.45, 2.75) is 25.6 Å². The molecule has 1 unspecified atom stereocenters. The zero-order chi connectivity index (χ0) is 13.4. The van der Waals surface area contributed by atoms with Crippen molar-refractivity contribution in [3.05, 3.63) is 11.9 Å². The van der Waals surface area contributed by atoms with Crippen LogP contribution in [0.25, 0.3) is 0 Å². The van der Waals surface area contributed by atoms with Crippen molar-refractivity contribution in [3.63, 3.8) is 0 Å². The normalized spacial score (nSPS) is 23.4. The number of hydrogen-bond acceptors (Lipinski definition) is 3. The van der Waals surface area contributed by atoms with E-state index in [0.29, 0.717) is 4.90 Å². The van der Waals surface area contributed by atoms with Gasteiger partial charge in [-0.2, -0.15) is 13.2 Å². The number of hydrogen-bond donors (Lipinski definition) is 0. The van der Waals surface area contributed by atoms with Crippen LogP contribution in [0.5, 0.6) is 0 Å². The Morgan fingerprint density at radius 2 is 2.00 bits per heavy atom. The first-order valence-corrected chi connectivity index (χ1v) is 4.96. The summed E-state index contributed by atoms with van der Waals surface area (Å²) in [5.41, 5.74) is -0.204. The number of alkyl halides is 3. The van der Waals surface area contributed by atoms with Gasteiger partial charge in [-0.15, -0.1) is 0 Å². The fourth-order valence-corrected chi connectivity index (χ4v) is 1.66. The molecule has 17 heavy (non-hydrogen) atoms. The van der Waals surface area contributed by atoms with E-state index in [0.717, 1.165) is 0 Å². The Kier molecular flexibility index (Phi) is 3.49. The predicted molar refractivity (Wildman–Crippen MR) is 53.8 cm³/mol. The molecule has 96 valence electrons. The highest BCUT2D eigenvalue weighted by atomic mass is 19.4. The highest BCUT2D eigenvalue weighted by molar-refractivity contribution is 6.03. The van der Waals surface area contributed by atoms with Gasteiger partial charge in [-0.05, 0) is 6.92 Å². The molecule has 1 aliphatic heterocycles. The molecule has 1 aliphatic rings. The van der Waals surface area contributed by atoms with Gasteiger partial charge in [-0.25, -0.2) is 0 Å². The molecule has 0 N–H and O–H groups in total. The molecule has 0 saturated carbocycles. The highest BCUT2D eigenvalue weighted by Crippen LogP contribution is 2.30. The molecule has 1 amide bonds. The van der Waals surface area contributed by atoms with Gasteiger partial charge in [-0.1, -0.05) is 0 Å². The Hall–Kier alpha value is -1.53. The molecule has 1 fully saturated rings. The van der Waals surface area contributed by atoms with Gasteiger partial charge in [0.2, 0.25) is 0 Å². The average Bonchev–Trinajstić information content (AvgIpc) is 2.38. The van der Waals surface area contributed by atoms with Crippen LogP contribution in [0, 0.1) is 0 Å². The van der Waals surface area contributed by atoms with Gasteiger partial charge in [0.15, 0.2) is 5.78 Å². The maximum absolute atomic E-state index is 12.4. The number of carbonyl (C=O) groups is 2. The largest absolute Gasteiger partial charge is 0.471 e. The minimum Gasteiger partial charge on any atom is -0.382 e. The zero-order valence-corrected chi connectivity index (χ0v) is 9.71. The number of allylic oxidation sites excluding steroid dienone is 1. The summed E-state index contributed by atoms with van der Waals surface area (Å²) in [7, 11) is 3.14. The number of carbonyl (C=O) groups excluding carboxylic acids is 2. The first-order valence-electron chi connectivity index (χ1n) is 4.96. The van der Waals surface area contributed by atoms with Gasteiger partial charge in [0.05, 0.1) is 0 Å². The number of amides is 1. The maximum atomic E-state index is 12.4. The fraction of sp³-hybridized carbons (Fsp3) is 0.600. The van der Waals surface area contributed by atoms with E-state index in [9.17, 15) is 22.8 Å². The van der Waals surface area contributed by atoms with Gasteiger partial charge in [0.25, 0.3) is 0 Å². The average molecular weight is 250 g/mol. The van der Waals surface area contributed by atoms with Crippen LogP contribution in [-0.4, -0.2) is 47.8 Å². The van der Waals surface area contributed by atoms with E-state index in [1.165, 1.54) is 18.0 Å². The third kappa shape index (κ3) is 2.78. The second-order valence-corrected chi connectivity index (χ2v) is 4.13. The van der Waals surface area contributed by atoms with Crippen molar-refractivity contribution in [1.29, 1.82) is 0 Å². The number of rotatable bonds is 1. The molecular formula is C10H13F3N2O2. The smallest absolute Gasteiger partial charge is 0.382 e. The zero-order valence-electron chi connectivity index (χ0n) is 9.71. The predicted octanol–water partition coefficient (Wildman–Crippen LogP) is 1.14. The summed E-state index contributed by atoms with van der Waals surface area (Å²) >= 11 is 0. The lowest BCUT2D eigenvalue weighted by Crippen LogP contribution is -2.42. The van der Waals surface area contributed by atoms with E-state index >= 15 is 0 Å². The molecule has 0 spiro atoms. The Morgan fingerprint density at radius 1 is 1.47 bits per heavy atom. The minimum absolute atomic E-state index is 0.0819. The molecule has 1 saturated heterocycles.